The number of epoxide rings is 1. The second-order valence-electron chi connectivity index (χ2n) is 12.9. The van der Waals surface area contributed by atoms with Gasteiger partial charge in [-0.3, -0.25) is 4.79 Å². The minimum Gasteiger partial charge on any atom is -0.452 e. The van der Waals surface area contributed by atoms with Crippen LogP contribution in [0, 0.1) is 34.5 Å². The third-order valence-corrected chi connectivity index (χ3v) is 12.4. The molecule has 4 unspecified atom stereocenters. The molecule has 0 amide bonds. The molecule has 7 rings (SSSR count). The molecule has 7 heteroatoms. The molecule has 12 atom stereocenters. The van der Waals surface area contributed by atoms with Gasteiger partial charge in [0.1, 0.15) is 11.7 Å². The summed E-state index contributed by atoms with van der Waals surface area (Å²) >= 11 is 0. The maximum atomic E-state index is 13.5. The maximum absolute atomic E-state index is 13.5. The fourth-order valence-electron chi connectivity index (χ4n) is 9.96. The zero-order valence-electron chi connectivity index (χ0n) is 21.2. The Labute approximate surface area is 205 Å². The molecule has 4 aliphatic carbocycles. The number of rotatable bonds is 1. The third-order valence-electron chi connectivity index (χ3n) is 12.4. The molecule has 0 bridgehead atoms. The van der Waals surface area contributed by atoms with Crippen LogP contribution in [0.15, 0.2) is 23.3 Å². The lowest BCUT2D eigenvalue weighted by Gasteiger charge is -2.67. The van der Waals surface area contributed by atoms with E-state index in [4.69, 9.17) is 14.2 Å². The molecule has 0 aromatic carbocycles. The normalized spacial score (nSPS) is 60.0. The van der Waals surface area contributed by atoms with Gasteiger partial charge >= 0.3 is 5.97 Å². The molecule has 35 heavy (non-hydrogen) atoms. The summed E-state index contributed by atoms with van der Waals surface area (Å²) in [5.74, 6) is -2.26. The number of hydrogen-bond acceptors (Lipinski definition) is 7. The van der Waals surface area contributed by atoms with E-state index >= 15 is 0 Å². The van der Waals surface area contributed by atoms with E-state index in [0.29, 0.717) is 12.0 Å². The lowest BCUT2D eigenvalue weighted by molar-refractivity contribution is -0.414. The summed E-state index contributed by atoms with van der Waals surface area (Å²) in [4.78, 5) is 25.8. The molecule has 190 valence electrons. The fourth-order valence-corrected chi connectivity index (χ4v) is 9.96. The van der Waals surface area contributed by atoms with Crippen LogP contribution < -0.4 is 0 Å². The van der Waals surface area contributed by atoms with Crippen LogP contribution in [0.25, 0.3) is 0 Å². The largest absolute Gasteiger partial charge is 0.452 e. The molecule has 2 saturated heterocycles. The highest BCUT2D eigenvalue weighted by molar-refractivity contribution is 5.97. The van der Waals surface area contributed by atoms with Gasteiger partial charge in [-0.15, -0.1) is 0 Å². The number of esters is 1. The van der Waals surface area contributed by atoms with Crippen LogP contribution in [-0.2, 0) is 23.8 Å². The van der Waals surface area contributed by atoms with Gasteiger partial charge in [0.2, 0.25) is 0 Å². The molecular weight excluding hydrogens is 448 g/mol. The fraction of sp³-hybridized carbons (Fsp3) is 0.786. The Balaban J connectivity index is 1.35. The summed E-state index contributed by atoms with van der Waals surface area (Å²) in [5.41, 5.74) is -1.95. The van der Waals surface area contributed by atoms with Crippen molar-refractivity contribution in [1.82, 2.24) is 0 Å². The molecule has 2 N–H and O–H groups in total. The third kappa shape index (κ3) is 2.18. The van der Waals surface area contributed by atoms with Crippen LogP contribution in [0.5, 0.6) is 0 Å². The van der Waals surface area contributed by atoms with Crippen LogP contribution in [0.3, 0.4) is 0 Å². The van der Waals surface area contributed by atoms with Crippen LogP contribution in [0.1, 0.15) is 66.7 Å². The number of allylic oxidation sites excluding steroid dienone is 1. The lowest BCUT2D eigenvalue weighted by atomic mass is 9.42. The van der Waals surface area contributed by atoms with Crippen LogP contribution in [-0.4, -0.2) is 57.3 Å². The van der Waals surface area contributed by atoms with Crippen molar-refractivity contribution < 1.29 is 34.0 Å². The van der Waals surface area contributed by atoms with Crippen molar-refractivity contribution in [2.75, 3.05) is 0 Å². The van der Waals surface area contributed by atoms with Gasteiger partial charge in [0.25, 0.3) is 0 Å². The first-order valence-corrected chi connectivity index (χ1v) is 13.3. The van der Waals surface area contributed by atoms with Gasteiger partial charge in [0.15, 0.2) is 17.7 Å². The lowest BCUT2D eigenvalue weighted by Crippen LogP contribution is -2.76. The molecule has 3 heterocycles. The quantitative estimate of drug-likeness (QED) is 0.436. The highest BCUT2D eigenvalue weighted by Gasteiger charge is 2.83. The summed E-state index contributed by atoms with van der Waals surface area (Å²) < 4.78 is 18.7. The number of ether oxygens (including phenoxy) is 3. The summed E-state index contributed by atoms with van der Waals surface area (Å²) in [5, 5.41) is 24.8. The van der Waals surface area contributed by atoms with Crippen molar-refractivity contribution in [3.05, 3.63) is 23.3 Å². The smallest absolute Gasteiger partial charge is 0.334 e. The van der Waals surface area contributed by atoms with E-state index in [9.17, 15) is 19.8 Å². The number of carbonyl (C=O) groups is 2. The summed E-state index contributed by atoms with van der Waals surface area (Å²) in [6.07, 6.45) is 5.49. The molecular formula is C28H36O7. The minimum absolute atomic E-state index is 0.00175. The van der Waals surface area contributed by atoms with Crippen molar-refractivity contribution in [3.8, 4) is 0 Å². The molecule has 0 aromatic rings. The topological polar surface area (TPSA) is 106 Å². The summed E-state index contributed by atoms with van der Waals surface area (Å²) in [6, 6.07) is 0. The molecule has 0 aromatic heterocycles. The number of aliphatic hydroxyl groups is 2. The van der Waals surface area contributed by atoms with E-state index in [1.807, 2.05) is 33.8 Å². The summed E-state index contributed by atoms with van der Waals surface area (Å²) in [6.45, 7) is 9.59. The van der Waals surface area contributed by atoms with Crippen LogP contribution in [0.2, 0.25) is 0 Å². The molecule has 7 aliphatic rings. The zero-order chi connectivity index (χ0) is 24.9. The molecule has 7 nitrogen and oxygen atoms in total. The van der Waals surface area contributed by atoms with Gasteiger partial charge in [-0.2, -0.15) is 0 Å². The second-order valence-corrected chi connectivity index (χ2v) is 12.9. The number of hydrogen-bond donors (Lipinski definition) is 2. The monoisotopic (exact) mass is 484 g/mol. The zero-order valence-corrected chi connectivity index (χ0v) is 21.2. The van der Waals surface area contributed by atoms with Gasteiger partial charge < -0.3 is 24.4 Å². The Bertz CT molecular complexity index is 1130. The maximum Gasteiger partial charge on any atom is 0.334 e. The van der Waals surface area contributed by atoms with Crippen LogP contribution in [0.4, 0.5) is 0 Å². The number of fused-ring (bicyclic) bond motifs is 3. The molecule has 5 fully saturated rings. The average Bonchev–Trinajstić information content (AvgIpc) is 3.36. The van der Waals surface area contributed by atoms with E-state index in [2.05, 4.69) is 0 Å². The predicted molar refractivity (Wildman–Crippen MR) is 124 cm³/mol. The predicted octanol–water partition coefficient (Wildman–Crippen LogP) is 2.83. The van der Waals surface area contributed by atoms with E-state index in [1.165, 1.54) is 0 Å². The van der Waals surface area contributed by atoms with Crippen molar-refractivity contribution in [2.24, 2.45) is 34.5 Å². The standard InChI is InChI=1S/C28H36O7/c1-13-14(2)23(30)33-21(13)22-15(3)26(31)10-8-17-16-11-20-27(34-20)9-6-7-19(29)24(27,4)18(16)12-28(32,35-22)25(17,26)5/h6-7,15-18,20-22,31-32H,8-12H2,1-5H3/t15-,16?,17?,18?,20-,21?,22+,24+,25+,26-,27-,28+/m1/s1. The molecule has 0 radical (unpaired) electrons. The Morgan fingerprint density at radius 3 is 2.51 bits per heavy atom. The van der Waals surface area contributed by atoms with Gasteiger partial charge in [0.05, 0.1) is 22.5 Å². The van der Waals surface area contributed by atoms with Crippen molar-refractivity contribution >= 4 is 11.8 Å². The minimum atomic E-state index is -1.65. The Kier molecular flexibility index (Phi) is 4.07. The van der Waals surface area contributed by atoms with Gasteiger partial charge in [-0.1, -0.05) is 19.9 Å². The second kappa shape index (κ2) is 6.29. The van der Waals surface area contributed by atoms with Gasteiger partial charge in [-0.25, -0.2) is 4.79 Å². The van der Waals surface area contributed by atoms with E-state index in [1.54, 1.807) is 13.0 Å². The van der Waals surface area contributed by atoms with Crippen molar-refractivity contribution in [1.29, 1.82) is 0 Å². The molecule has 3 aliphatic heterocycles. The first-order valence-electron chi connectivity index (χ1n) is 13.3. The average molecular weight is 485 g/mol. The Hall–Kier alpha value is -1.54. The van der Waals surface area contributed by atoms with Gasteiger partial charge in [-0.05, 0) is 75.9 Å². The summed E-state index contributed by atoms with van der Waals surface area (Å²) in [7, 11) is 0. The Morgan fingerprint density at radius 2 is 1.83 bits per heavy atom. The Morgan fingerprint density at radius 1 is 1.09 bits per heavy atom. The van der Waals surface area contributed by atoms with Crippen LogP contribution >= 0.6 is 0 Å². The highest BCUT2D eigenvalue weighted by Crippen LogP contribution is 2.77. The van der Waals surface area contributed by atoms with Gasteiger partial charge in [0, 0.05) is 17.9 Å². The van der Waals surface area contributed by atoms with E-state index in [-0.39, 0.29) is 47.9 Å². The SMILES string of the molecule is CC1=C(C)C([C@H]2O[C@@]3(O)CC4C(C[C@H]5O[C@]56CC=CC(=O)[C@]46C)C4CC[C@@](O)([C@@H]2C)[C@]43C)OC1=O. The van der Waals surface area contributed by atoms with E-state index in [0.717, 1.165) is 24.8 Å². The van der Waals surface area contributed by atoms with E-state index < -0.39 is 40.0 Å². The number of carbonyl (C=O) groups excluding carboxylic acids is 2. The van der Waals surface area contributed by atoms with Crippen molar-refractivity contribution in [3.63, 3.8) is 0 Å². The highest BCUT2D eigenvalue weighted by atomic mass is 16.7. The number of cyclic esters (lactones) is 1. The van der Waals surface area contributed by atoms with Crippen molar-refractivity contribution in [2.45, 2.75) is 102 Å². The number of ketones is 1. The molecule has 1 spiro atoms. The molecule has 3 saturated carbocycles. The first-order chi connectivity index (χ1) is 16.4. The first kappa shape index (κ1) is 22.6.